The highest BCUT2D eigenvalue weighted by Gasteiger charge is 1.96. The number of anilines is 1. The largest absolute Gasteiger partial charge is 0.381 e. The number of aliphatic imine (C=N–C) groups is 1. The lowest BCUT2D eigenvalue weighted by Crippen LogP contribution is -2.23. The van der Waals surface area contributed by atoms with E-state index in [2.05, 4.69) is 53.6 Å². The van der Waals surface area contributed by atoms with Crippen molar-refractivity contribution >= 4 is 11.6 Å². The number of guanidine groups is 1. The molecule has 0 amide bonds. The summed E-state index contributed by atoms with van der Waals surface area (Å²) in [5, 5.41) is 3.10. The summed E-state index contributed by atoms with van der Waals surface area (Å²) < 4.78 is 5.63. The molecule has 0 fully saturated rings. The van der Waals surface area contributed by atoms with Crippen LogP contribution in [0.3, 0.4) is 0 Å². The molecule has 0 unspecified atom stereocenters. The first-order chi connectivity index (χ1) is 11.8. The number of rotatable bonds is 9. The van der Waals surface area contributed by atoms with Crippen LogP contribution in [0.1, 0.15) is 24.5 Å². The molecule has 0 atom stereocenters. The summed E-state index contributed by atoms with van der Waals surface area (Å²) in [4.78, 5) is 4.32. The summed E-state index contributed by atoms with van der Waals surface area (Å²) in [6, 6.07) is 18.6. The number of aryl methyl sites for hydroxylation is 1. The molecule has 0 aromatic heterocycles. The molecule has 0 bridgehead atoms. The first-order valence-electron chi connectivity index (χ1n) is 8.55. The van der Waals surface area contributed by atoms with Gasteiger partial charge in [-0.25, -0.2) is 0 Å². The molecule has 24 heavy (non-hydrogen) atoms. The Bertz CT molecular complexity index is 609. The van der Waals surface area contributed by atoms with Crippen molar-refractivity contribution in [3.8, 4) is 0 Å². The number of nitrogens with zero attached hydrogens (tertiary/aromatic N) is 1. The third kappa shape index (κ3) is 6.84. The molecule has 0 heterocycles. The highest BCUT2D eigenvalue weighted by Crippen LogP contribution is 2.09. The van der Waals surface area contributed by atoms with Crippen LogP contribution in [0.15, 0.2) is 59.6 Å². The zero-order chi connectivity index (χ0) is 17.0. The van der Waals surface area contributed by atoms with E-state index in [1.54, 1.807) is 0 Å². The molecule has 0 saturated heterocycles. The summed E-state index contributed by atoms with van der Waals surface area (Å²) in [6.07, 6.45) is 2.85. The fourth-order valence-electron chi connectivity index (χ4n) is 2.31. The van der Waals surface area contributed by atoms with Gasteiger partial charge in [-0.05, 0) is 42.5 Å². The summed E-state index contributed by atoms with van der Waals surface area (Å²) in [5.41, 5.74) is 9.47. The number of benzene rings is 2. The van der Waals surface area contributed by atoms with Gasteiger partial charge in [0.15, 0.2) is 5.96 Å². The number of hydrogen-bond acceptors (Lipinski definition) is 2. The minimum Gasteiger partial charge on any atom is -0.381 e. The first kappa shape index (κ1) is 18.0. The van der Waals surface area contributed by atoms with E-state index in [4.69, 9.17) is 10.5 Å². The molecule has 0 aliphatic carbocycles. The van der Waals surface area contributed by atoms with Crippen molar-refractivity contribution in [1.29, 1.82) is 0 Å². The van der Waals surface area contributed by atoms with Crippen LogP contribution >= 0.6 is 0 Å². The molecule has 0 radical (unpaired) electrons. The van der Waals surface area contributed by atoms with Gasteiger partial charge < -0.3 is 15.8 Å². The Morgan fingerprint density at radius 3 is 2.46 bits per heavy atom. The Hall–Kier alpha value is -2.33. The van der Waals surface area contributed by atoms with Crippen LogP contribution in [0.5, 0.6) is 0 Å². The summed E-state index contributed by atoms with van der Waals surface area (Å²) in [5.74, 6) is 0.448. The molecule has 4 heteroatoms. The summed E-state index contributed by atoms with van der Waals surface area (Å²) in [6.45, 7) is 4.25. The Balaban J connectivity index is 1.57. The van der Waals surface area contributed by atoms with E-state index in [9.17, 15) is 0 Å². The van der Waals surface area contributed by atoms with Crippen LogP contribution in [0.2, 0.25) is 0 Å². The number of hydrogen-bond donors (Lipinski definition) is 2. The third-order valence-electron chi connectivity index (χ3n) is 3.74. The minimum atomic E-state index is 0.448. The van der Waals surface area contributed by atoms with Gasteiger partial charge in [-0.2, -0.15) is 0 Å². The molecule has 3 N–H and O–H groups in total. The zero-order valence-electron chi connectivity index (χ0n) is 14.4. The first-order valence-corrected chi connectivity index (χ1v) is 8.55. The molecule has 0 aliphatic rings. The lowest BCUT2D eigenvalue weighted by molar-refractivity contribution is 0.136. The van der Waals surface area contributed by atoms with Crippen molar-refractivity contribution in [3.05, 3.63) is 65.7 Å². The molecule has 2 aromatic rings. The van der Waals surface area contributed by atoms with Crippen molar-refractivity contribution in [2.75, 3.05) is 25.1 Å². The number of nitrogens with one attached hydrogen (secondary N) is 1. The second-order valence-corrected chi connectivity index (χ2v) is 5.64. The lowest BCUT2D eigenvalue weighted by Gasteiger charge is -2.07. The van der Waals surface area contributed by atoms with Gasteiger partial charge in [0.2, 0.25) is 0 Å². The second kappa shape index (κ2) is 10.4. The van der Waals surface area contributed by atoms with E-state index in [-0.39, 0.29) is 0 Å². The fourth-order valence-corrected chi connectivity index (χ4v) is 2.31. The third-order valence-corrected chi connectivity index (χ3v) is 3.74. The average Bonchev–Trinajstić information content (AvgIpc) is 2.62. The molecular formula is C20H27N3O. The normalized spacial score (nSPS) is 11.5. The van der Waals surface area contributed by atoms with Crippen molar-refractivity contribution in [1.82, 2.24) is 0 Å². The van der Waals surface area contributed by atoms with Gasteiger partial charge in [0.05, 0.1) is 6.61 Å². The maximum Gasteiger partial charge on any atom is 0.193 e. The van der Waals surface area contributed by atoms with Gasteiger partial charge in [-0.3, -0.25) is 4.99 Å². The summed E-state index contributed by atoms with van der Waals surface area (Å²) in [7, 11) is 0. The van der Waals surface area contributed by atoms with Crippen LogP contribution in [0.25, 0.3) is 0 Å². The van der Waals surface area contributed by atoms with Gasteiger partial charge in [0.25, 0.3) is 0 Å². The highest BCUT2D eigenvalue weighted by molar-refractivity contribution is 5.92. The van der Waals surface area contributed by atoms with E-state index in [0.717, 1.165) is 31.6 Å². The van der Waals surface area contributed by atoms with E-state index >= 15 is 0 Å². The molecule has 4 nitrogen and oxygen atoms in total. The van der Waals surface area contributed by atoms with Gasteiger partial charge in [0.1, 0.15) is 0 Å². The Labute approximate surface area is 144 Å². The Kier molecular flexibility index (Phi) is 7.84. The second-order valence-electron chi connectivity index (χ2n) is 5.64. The number of nitrogens with two attached hydrogens (primary N) is 1. The fraction of sp³-hybridized carbons (Fsp3) is 0.350. The predicted octanol–water partition coefficient (Wildman–Crippen LogP) is 3.63. The maximum atomic E-state index is 5.89. The molecular weight excluding hydrogens is 298 g/mol. The average molecular weight is 325 g/mol. The van der Waals surface area contributed by atoms with E-state index in [1.165, 1.54) is 11.1 Å². The van der Waals surface area contributed by atoms with Gasteiger partial charge in [-0.1, -0.05) is 49.4 Å². The van der Waals surface area contributed by atoms with Gasteiger partial charge >= 0.3 is 0 Å². The maximum absolute atomic E-state index is 5.89. The standard InChI is InChI=1S/C20H27N3O/c1-2-17-9-11-19(12-10-17)23-20(21)22-14-6-15-24-16-13-18-7-4-3-5-8-18/h3-5,7-12H,2,6,13-16H2,1H3,(H3,21,22,23). The topological polar surface area (TPSA) is 59.6 Å². The van der Waals surface area contributed by atoms with Gasteiger partial charge in [-0.15, -0.1) is 0 Å². The minimum absolute atomic E-state index is 0.448. The van der Waals surface area contributed by atoms with Crippen molar-refractivity contribution in [2.24, 2.45) is 10.7 Å². The van der Waals surface area contributed by atoms with Crippen LogP contribution < -0.4 is 11.1 Å². The SMILES string of the molecule is CCc1ccc(NC(N)=NCCCOCCc2ccccc2)cc1. The lowest BCUT2D eigenvalue weighted by atomic mass is 10.1. The number of ether oxygens (including phenoxy) is 1. The zero-order valence-corrected chi connectivity index (χ0v) is 14.4. The predicted molar refractivity (Wildman–Crippen MR) is 102 cm³/mol. The van der Waals surface area contributed by atoms with Crippen molar-refractivity contribution < 1.29 is 4.74 Å². The Morgan fingerprint density at radius 2 is 1.75 bits per heavy atom. The Morgan fingerprint density at radius 1 is 1.00 bits per heavy atom. The highest BCUT2D eigenvalue weighted by atomic mass is 16.5. The van der Waals surface area contributed by atoms with Gasteiger partial charge in [0, 0.05) is 18.8 Å². The molecule has 2 aromatic carbocycles. The molecule has 0 spiro atoms. The van der Waals surface area contributed by atoms with E-state index < -0.39 is 0 Å². The van der Waals surface area contributed by atoms with Crippen molar-refractivity contribution in [3.63, 3.8) is 0 Å². The molecule has 0 saturated carbocycles. The van der Waals surface area contributed by atoms with Crippen LogP contribution in [0, 0.1) is 0 Å². The molecule has 0 aliphatic heterocycles. The smallest absolute Gasteiger partial charge is 0.193 e. The molecule has 128 valence electrons. The van der Waals surface area contributed by atoms with Crippen LogP contribution in [-0.4, -0.2) is 25.7 Å². The van der Waals surface area contributed by atoms with E-state index in [1.807, 2.05) is 18.2 Å². The molecule has 2 rings (SSSR count). The quantitative estimate of drug-likeness (QED) is 0.420. The van der Waals surface area contributed by atoms with Crippen molar-refractivity contribution in [2.45, 2.75) is 26.2 Å². The van der Waals surface area contributed by atoms with E-state index in [0.29, 0.717) is 19.1 Å². The summed E-state index contributed by atoms with van der Waals surface area (Å²) >= 11 is 0. The van der Waals surface area contributed by atoms with Crippen LogP contribution in [-0.2, 0) is 17.6 Å². The van der Waals surface area contributed by atoms with Crippen LogP contribution in [0.4, 0.5) is 5.69 Å². The monoisotopic (exact) mass is 325 g/mol.